The molecule has 6 heteroatoms. The monoisotopic (exact) mass is 404 g/mol. The molecule has 2 heterocycles. The summed E-state index contributed by atoms with van der Waals surface area (Å²) in [6, 6.07) is 16.4. The Kier molecular flexibility index (Phi) is 5.86. The van der Waals surface area contributed by atoms with Crippen molar-refractivity contribution in [2.45, 2.75) is 6.92 Å². The van der Waals surface area contributed by atoms with Gasteiger partial charge in [0.2, 0.25) is 5.95 Å². The maximum Gasteiger partial charge on any atom is 0.226 e. The topological polar surface area (TPSA) is 50.7 Å². The molecule has 30 heavy (non-hydrogen) atoms. The van der Waals surface area contributed by atoms with Crippen molar-refractivity contribution in [2.24, 2.45) is 0 Å². The summed E-state index contributed by atoms with van der Waals surface area (Å²) in [5.41, 5.74) is 5.07. The van der Waals surface area contributed by atoms with E-state index in [0.29, 0.717) is 11.5 Å². The summed E-state index contributed by atoms with van der Waals surface area (Å²) < 4.78 is 10.9. The highest BCUT2D eigenvalue weighted by atomic mass is 16.5. The van der Waals surface area contributed by atoms with E-state index in [1.165, 1.54) is 5.56 Å². The van der Waals surface area contributed by atoms with Crippen LogP contribution >= 0.6 is 0 Å². The second-order valence-corrected chi connectivity index (χ2v) is 7.66. The number of methoxy groups -OCH3 is 2. The molecule has 0 amide bonds. The van der Waals surface area contributed by atoms with Gasteiger partial charge >= 0.3 is 0 Å². The number of aryl methyl sites for hydroxylation is 1. The van der Waals surface area contributed by atoms with Crippen LogP contribution in [0.5, 0.6) is 11.5 Å². The van der Waals surface area contributed by atoms with Crippen LogP contribution in [-0.4, -0.2) is 62.3 Å². The van der Waals surface area contributed by atoms with Gasteiger partial charge < -0.3 is 19.3 Å². The highest BCUT2D eigenvalue weighted by molar-refractivity contribution is 5.71. The van der Waals surface area contributed by atoms with E-state index in [-0.39, 0.29) is 0 Å². The van der Waals surface area contributed by atoms with Gasteiger partial charge in [-0.3, -0.25) is 0 Å². The first-order chi connectivity index (χ1) is 14.6. The van der Waals surface area contributed by atoms with Gasteiger partial charge in [0, 0.05) is 37.3 Å². The van der Waals surface area contributed by atoms with Gasteiger partial charge in [0.05, 0.1) is 25.6 Å². The number of rotatable bonds is 5. The maximum atomic E-state index is 5.50. The molecule has 3 aromatic rings. The van der Waals surface area contributed by atoms with Gasteiger partial charge in [0.25, 0.3) is 0 Å². The summed E-state index contributed by atoms with van der Waals surface area (Å²) in [6.45, 7) is 5.93. The van der Waals surface area contributed by atoms with Crippen LogP contribution in [0.4, 0.5) is 5.95 Å². The number of piperazine rings is 1. The van der Waals surface area contributed by atoms with Gasteiger partial charge in [0.1, 0.15) is 0 Å². The van der Waals surface area contributed by atoms with Gasteiger partial charge in [-0.1, -0.05) is 29.8 Å². The Morgan fingerprint density at radius 3 is 1.97 bits per heavy atom. The van der Waals surface area contributed by atoms with E-state index >= 15 is 0 Å². The molecule has 1 aliphatic rings. The Morgan fingerprint density at radius 1 is 0.733 bits per heavy atom. The first-order valence-electron chi connectivity index (χ1n) is 10.2. The number of anilines is 1. The molecule has 0 saturated carbocycles. The van der Waals surface area contributed by atoms with Crippen molar-refractivity contribution >= 4 is 5.95 Å². The summed E-state index contributed by atoms with van der Waals surface area (Å²) >= 11 is 0. The van der Waals surface area contributed by atoms with Gasteiger partial charge in [-0.2, -0.15) is 0 Å². The van der Waals surface area contributed by atoms with E-state index < -0.39 is 0 Å². The van der Waals surface area contributed by atoms with Crippen molar-refractivity contribution in [1.82, 2.24) is 14.9 Å². The summed E-state index contributed by atoms with van der Waals surface area (Å²) in [7, 11) is 5.44. The van der Waals surface area contributed by atoms with Crippen molar-refractivity contribution in [3.05, 3.63) is 54.1 Å². The molecule has 0 radical (unpaired) electrons. The molecule has 1 fully saturated rings. The highest BCUT2D eigenvalue weighted by Gasteiger charge is 2.19. The van der Waals surface area contributed by atoms with Crippen LogP contribution in [0.1, 0.15) is 5.56 Å². The lowest BCUT2D eigenvalue weighted by Crippen LogP contribution is -2.45. The summed E-state index contributed by atoms with van der Waals surface area (Å²) in [4.78, 5) is 14.4. The fraction of sp³-hybridized carbons (Fsp3) is 0.333. The molecule has 156 valence electrons. The van der Waals surface area contributed by atoms with E-state index in [2.05, 4.69) is 48.0 Å². The molecule has 0 spiro atoms. The van der Waals surface area contributed by atoms with E-state index in [1.807, 2.05) is 24.3 Å². The molecule has 1 aliphatic heterocycles. The molecular weight excluding hydrogens is 376 g/mol. The van der Waals surface area contributed by atoms with E-state index in [0.717, 1.165) is 54.6 Å². The van der Waals surface area contributed by atoms with Crippen molar-refractivity contribution in [3.63, 3.8) is 0 Å². The number of likely N-dealkylation sites (N-methyl/N-ethyl adjacent to an activating group) is 1. The summed E-state index contributed by atoms with van der Waals surface area (Å²) in [6.07, 6.45) is 0. The molecule has 2 aromatic carbocycles. The SMILES string of the molecule is COc1ccc(-c2cc(-c3ccc(C)cc3)nc(N3CCN(C)CC3)n2)cc1OC. The number of ether oxygens (including phenoxy) is 2. The largest absolute Gasteiger partial charge is 0.493 e. The minimum absolute atomic E-state index is 0.687. The Hall–Kier alpha value is -3.12. The molecule has 0 bridgehead atoms. The lowest BCUT2D eigenvalue weighted by atomic mass is 10.1. The number of aromatic nitrogens is 2. The third kappa shape index (κ3) is 4.24. The normalized spacial score (nSPS) is 14.6. The van der Waals surface area contributed by atoms with Crippen molar-refractivity contribution in [2.75, 3.05) is 52.3 Å². The third-order valence-corrected chi connectivity index (χ3v) is 5.53. The zero-order chi connectivity index (χ0) is 21.1. The van der Waals surface area contributed by atoms with Crippen molar-refractivity contribution in [3.8, 4) is 34.0 Å². The Morgan fingerprint density at radius 2 is 1.33 bits per heavy atom. The number of hydrogen-bond donors (Lipinski definition) is 0. The number of benzene rings is 2. The first kappa shape index (κ1) is 20.2. The molecule has 0 N–H and O–H groups in total. The van der Waals surface area contributed by atoms with E-state index in [1.54, 1.807) is 14.2 Å². The molecule has 0 unspecified atom stereocenters. The average molecular weight is 405 g/mol. The molecule has 4 rings (SSSR count). The van der Waals surface area contributed by atoms with Crippen molar-refractivity contribution < 1.29 is 9.47 Å². The molecule has 1 saturated heterocycles. The van der Waals surface area contributed by atoms with Gasteiger partial charge in [-0.05, 0) is 38.2 Å². The highest BCUT2D eigenvalue weighted by Crippen LogP contribution is 2.33. The van der Waals surface area contributed by atoms with Crippen LogP contribution in [0.25, 0.3) is 22.5 Å². The third-order valence-electron chi connectivity index (χ3n) is 5.53. The smallest absolute Gasteiger partial charge is 0.226 e. The van der Waals surface area contributed by atoms with Crippen LogP contribution in [-0.2, 0) is 0 Å². The molecule has 1 aromatic heterocycles. The number of nitrogens with zero attached hydrogens (tertiary/aromatic N) is 4. The van der Waals surface area contributed by atoms with Crippen LogP contribution in [0.15, 0.2) is 48.5 Å². The summed E-state index contributed by atoms with van der Waals surface area (Å²) in [5.74, 6) is 2.16. The predicted molar refractivity (Wildman–Crippen MR) is 120 cm³/mol. The Balaban J connectivity index is 1.80. The van der Waals surface area contributed by atoms with Gasteiger partial charge in [-0.25, -0.2) is 9.97 Å². The van der Waals surface area contributed by atoms with E-state index in [9.17, 15) is 0 Å². The fourth-order valence-corrected chi connectivity index (χ4v) is 3.60. The zero-order valence-electron chi connectivity index (χ0n) is 18.1. The number of hydrogen-bond acceptors (Lipinski definition) is 6. The molecule has 0 atom stereocenters. The second kappa shape index (κ2) is 8.71. The average Bonchev–Trinajstić information content (AvgIpc) is 2.79. The quantitative estimate of drug-likeness (QED) is 0.643. The fourth-order valence-electron chi connectivity index (χ4n) is 3.60. The van der Waals surface area contributed by atoms with Gasteiger partial charge in [0.15, 0.2) is 11.5 Å². The minimum Gasteiger partial charge on any atom is -0.493 e. The predicted octanol–water partition coefficient (Wildman–Crippen LogP) is 3.89. The summed E-state index contributed by atoms with van der Waals surface area (Å²) in [5, 5.41) is 0. The Bertz CT molecular complexity index is 1010. The second-order valence-electron chi connectivity index (χ2n) is 7.66. The van der Waals surface area contributed by atoms with Crippen LogP contribution < -0.4 is 14.4 Å². The maximum absolute atomic E-state index is 5.50. The van der Waals surface area contributed by atoms with Gasteiger partial charge in [-0.15, -0.1) is 0 Å². The van der Waals surface area contributed by atoms with Crippen molar-refractivity contribution in [1.29, 1.82) is 0 Å². The molecular formula is C24H28N4O2. The van der Waals surface area contributed by atoms with E-state index in [4.69, 9.17) is 19.4 Å². The molecule has 6 nitrogen and oxygen atoms in total. The Labute approximate surface area is 178 Å². The minimum atomic E-state index is 0.687. The van der Waals surface area contributed by atoms with Crippen LogP contribution in [0.2, 0.25) is 0 Å². The molecule has 0 aliphatic carbocycles. The van der Waals surface area contributed by atoms with Crippen LogP contribution in [0, 0.1) is 6.92 Å². The lowest BCUT2D eigenvalue weighted by Gasteiger charge is -2.32. The lowest BCUT2D eigenvalue weighted by molar-refractivity contribution is 0.311. The standard InChI is InChI=1S/C24H28N4O2/c1-17-5-7-18(8-6-17)20-16-21(19-9-10-22(29-3)23(15-19)30-4)26-24(25-20)28-13-11-27(2)12-14-28/h5-10,15-16H,11-14H2,1-4H3. The first-order valence-corrected chi connectivity index (χ1v) is 10.2. The zero-order valence-corrected chi connectivity index (χ0v) is 18.1. The van der Waals surface area contributed by atoms with Crippen LogP contribution in [0.3, 0.4) is 0 Å².